The standard InChI is InChI=1S/C27H29FN4O5/c1-17(33)25(27(36)32-37)31-26(35)21-7-5-19(6-8-21)20-9-11-23(12-10-20)30-24(34)16-29-14-13-18-3-2-4-22(28)15-18/h2-12,15,17,25,29,33,37H,13-14,16H2,1H3,(H,30,34)(H,31,35)(H,32,36)/t17-,25+/m1/s1. The molecular formula is C27H29FN4O5. The minimum absolute atomic E-state index is 0.122. The summed E-state index contributed by atoms with van der Waals surface area (Å²) in [6.45, 7) is 1.98. The van der Waals surface area contributed by atoms with Gasteiger partial charge in [0, 0.05) is 11.3 Å². The highest BCUT2D eigenvalue weighted by atomic mass is 19.1. The van der Waals surface area contributed by atoms with Gasteiger partial charge in [0.2, 0.25) is 5.91 Å². The zero-order valence-corrected chi connectivity index (χ0v) is 20.2. The fourth-order valence-corrected chi connectivity index (χ4v) is 3.59. The van der Waals surface area contributed by atoms with Gasteiger partial charge >= 0.3 is 0 Å². The molecule has 0 spiro atoms. The van der Waals surface area contributed by atoms with Gasteiger partial charge in [0.05, 0.1) is 12.6 Å². The maximum absolute atomic E-state index is 13.2. The van der Waals surface area contributed by atoms with Crippen LogP contribution in [-0.2, 0) is 16.0 Å². The van der Waals surface area contributed by atoms with Crippen molar-refractivity contribution in [2.75, 3.05) is 18.4 Å². The molecule has 0 aromatic heterocycles. The highest BCUT2D eigenvalue weighted by Crippen LogP contribution is 2.22. The summed E-state index contributed by atoms with van der Waals surface area (Å²) in [6.07, 6.45) is -0.593. The number of amides is 3. The van der Waals surface area contributed by atoms with Crippen molar-refractivity contribution in [3.63, 3.8) is 0 Å². The number of aliphatic hydroxyl groups is 1. The Morgan fingerprint density at radius 3 is 2.19 bits per heavy atom. The average Bonchev–Trinajstić information content (AvgIpc) is 2.89. The van der Waals surface area contributed by atoms with Crippen LogP contribution < -0.4 is 21.4 Å². The van der Waals surface area contributed by atoms with Gasteiger partial charge in [-0.2, -0.15) is 0 Å². The van der Waals surface area contributed by atoms with Crippen molar-refractivity contribution < 1.29 is 29.1 Å². The van der Waals surface area contributed by atoms with Gasteiger partial charge in [-0.15, -0.1) is 0 Å². The molecule has 6 N–H and O–H groups in total. The summed E-state index contributed by atoms with van der Waals surface area (Å²) in [4.78, 5) is 36.2. The van der Waals surface area contributed by atoms with Gasteiger partial charge in [0.1, 0.15) is 11.9 Å². The molecule has 10 heteroatoms. The number of halogens is 1. The number of hydrogen-bond donors (Lipinski definition) is 6. The first-order valence-electron chi connectivity index (χ1n) is 11.6. The minimum atomic E-state index is -1.30. The average molecular weight is 509 g/mol. The molecule has 194 valence electrons. The van der Waals surface area contributed by atoms with Crippen LogP contribution in [0, 0.1) is 5.82 Å². The zero-order valence-electron chi connectivity index (χ0n) is 20.2. The smallest absolute Gasteiger partial charge is 0.268 e. The van der Waals surface area contributed by atoms with Crippen LogP contribution in [0.5, 0.6) is 0 Å². The van der Waals surface area contributed by atoms with Crippen LogP contribution in [0.25, 0.3) is 11.1 Å². The number of rotatable bonds is 11. The predicted molar refractivity (Wildman–Crippen MR) is 136 cm³/mol. The number of carbonyl (C=O) groups is 3. The molecule has 37 heavy (non-hydrogen) atoms. The van der Waals surface area contributed by atoms with Crippen LogP contribution in [0.15, 0.2) is 72.8 Å². The fraction of sp³-hybridized carbons (Fsp3) is 0.222. The monoisotopic (exact) mass is 508 g/mol. The third-order valence-electron chi connectivity index (χ3n) is 5.58. The van der Waals surface area contributed by atoms with E-state index in [0.717, 1.165) is 16.7 Å². The summed E-state index contributed by atoms with van der Waals surface area (Å²) in [5.74, 6) is -1.99. The topological polar surface area (TPSA) is 140 Å². The van der Waals surface area contributed by atoms with E-state index in [-0.39, 0.29) is 23.8 Å². The van der Waals surface area contributed by atoms with E-state index in [4.69, 9.17) is 5.21 Å². The molecular weight excluding hydrogens is 479 g/mol. The number of hydrogen-bond acceptors (Lipinski definition) is 6. The Morgan fingerprint density at radius 1 is 0.946 bits per heavy atom. The first kappa shape index (κ1) is 27.5. The molecule has 0 radical (unpaired) electrons. The maximum Gasteiger partial charge on any atom is 0.268 e. The third kappa shape index (κ3) is 8.21. The molecule has 0 bridgehead atoms. The van der Waals surface area contributed by atoms with Gasteiger partial charge < -0.3 is 21.1 Å². The van der Waals surface area contributed by atoms with Crippen molar-refractivity contribution in [2.45, 2.75) is 25.5 Å². The highest BCUT2D eigenvalue weighted by molar-refractivity contribution is 5.98. The van der Waals surface area contributed by atoms with Gasteiger partial charge in [-0.05, 0) is 73.0 Å². The van der Waals surface area contributed by atoms with Crippen LogP contribution in [0.2, 0.25) is 0 Å². The van der Waals surface area contributed by atoms with Gasteiger partial charge in [-0.25, -0.2) is 9.87 Å². The summed E-state index contributed by atoms with van der Waals surface area (Å²) in [5, 5.41) is 26.6. The molecule has 9 nitrogen and oxygen atoms in total. The van der Waals surface area contributed by atoms with Crippen LogP contribution >= 0.6 is 0 Å². The summed E-state index contributed by atoms with van der Waals surface area (Å²) < 4.78 is 13.2. The van der Waals surface area contributed by atoms with Gasteiger partial charge in [-0.1, -0.05) is 36.4 Å². The number of carbonyl (C=O) groups excluding carboxylic acids is 3. The second kappa shape index (κ2) is 13.3. The molecule has 2 atom stereocenters. The van der Waals surface area contributed by atoms with E-state index < -0.39 is 24.0 Å². The number of aliphatic hydroxyl groups excluding tert-OH is 1. The molecule has 3 aromatic rings. The Kier molecular flexibility index (Phi) is 9.84. The highest BCUT2D eigenvalue weighted by Gasteiger charge is 2.25. The Labute approximate surface area is 213 Å². The van der Waals surface area contributed by atoms with E-state index in [2.05, 4.69) is 16.0 Å². The largest absolute Gasteiger partial charge is 0.391 e. The molecule has 0 aliphatic heterocycles. The molecule has 0 saturated heterocycles. The lowest BCUT2D eigenvalue weighted by molar-refractivity contribution is -0.133. The normalized spacial score (nSPS) is 12.3. The summed E-state index contributed by atoms with van der Waals surface area (Å²) in [7, 11) is 0. The van der Waals surface area contributed by atoms with Gasteiger partial charge in [0.25, 0.3) is 11.8 Å². The lowest BCUT2D eigenvalue weighted by atomic mass is 10.0. The Hall–Kier alpha value is -4.12. The number of hydroxylamine groups is 1. The van der Waals surface area contributed by atoms with Gasteiger partial charge in [0.15, 0.2) is 0 Å². The van der Waals surface area contributed by atoms with Crippen molar-refractivity contribution in [2.24, 2.45) is 0 Å². The predicted octanol–water partition coefficient (Wildman–Crippen LogP) is 2.25. The summed E-state index contributed by atoms with van der Waals surface area (Å²) in [6, 6.07) is 18.9. The van der Waals surface area contributed by atoms with E-state index in [1.807, 2.05) is 18.2 Å². The summed E-state index contributed by atoms with van der Waals surface area (Å²) in [5.41, 5.74) is 4.86. The second-order valence-corrected chi connectivity index (χ2v) is 8.43. The lowest BCUT2D eigenvalue weighted by Crippen LogP contribution is -2.51. The first-order valence-corrected chi connectivity index (χ1v) is 11.6. The van der Waals surface area contributed by atoms with E-state index in [9.17, 15) is 23.9 Å². The van der Waals surface area contributed by atoms with Crippen molar-refractivity contribution in [1.29, 1.82) is 0 Å². The molecule has 0 aliphatic carbocycles. The maximum atomic E-state index is 13.2. The van der Waals surface area contributed by atoms with E-state index in [0.29, 0.717) is 18.7 Å². The van der Waals surface area contributed by atoms with Crippen molar-refractivity contribution in [3.8, 4) is 11.1 Å². The molecule has 0 heterocycles. The molecule has 3 rings (SSSR count). The molecule has 3 aromatic carbocycles. The minimum Gasteiger partial charge on any atom is -0.391 e. The second-order valence-electron chi connectivity index (χ2n) is 8.43. The Bertz CT molecular complexity index is 1220. The van der Waals surface area contributed by atoms with E-state index in [1.54, 1.807) is 42.5 Å². The number of nitrogens with one attached hydrogen (secondary N) is 4. The van der Waals surface area contributed by atoms with Crippen LogP contribution in [-0.4, -0.2) is 53.3 Å². The fourth-order valence-electron chi connectivity index (χ4n) is 3.59. The zero-order chi connectivity index (χ0) is 26.8. The molecule has 0 unspecified atom stereocenters. The first-order chi connectivity index (χ1) is 17.8. The molecule has 0 fully saturated rings. The SMILES string of the molecule is C[C@@H](O)[C@H](NC(=O)c1ccc(-c2ccc(NC(=O)CNCCc3cccc(F)c3)cc2)cc1)C(=O)NO. The van der Waals surface area contributed by atoms with Crippen molar-refractivity contribution in [1.82, 2.24) is 16.1 Å². The van der Waals surface area contributed by atoms with Crippen LogP contribution in [0.3, 0.4) is 0 Å². The quantitative estimate of drug-likeness (QED) is 0.133. The molecule has 0 saturated carbocycles. The number of anilines is 1. The Balaban J connectivity index is 1.49. The van der Waals surface area contributed by atoms with Crippen molar-refractivity contribution in [3.05, 3.63) is 89.7 Å². The summed E-state index contributed by atoms with van der Waals surface area (Å²) >= 11 is 0. The van der Waals surface area contributed by atoms with E-state index in [1.165, 1.54) is 24.5 Å². The Morgan fingerprint density at radius 2 is 1.59 bits per heavy atom. The van der Waals surface area contributed by atoms with Crippen LogP contribution in [0.4, 0.5) is 10.1 Å². The molecule has 3 amide bonds. The lowest BCUT2D eigenvalue weighted by Gasteiger charge is -2.19. The third-order valence-corrected chi connectivity index (χ3v) is 5.58. The molecule has 0 aliphatic rings. The van der Waals surface area contributed by atoms with Crippen LogP contribution in [0.1, 0.15) is 22.8 Å². The van der Waals surface area contributed by atoms with Crippen molar-refractivity contribution >= 4 is 23.4 Å². The van der Waals surface area contributed by atoms with E-state index >= 15 is 0 Å². The van der Waals surface area contributed by atoms with Gasteiger partial charge in [-0.3, -0.25) is 19.6 Å². The number of benzene rings is 3.